The van der Waals surface area contributed by atoms with Gasteiger partial charge in [0.25, 0.3) is 0 Å². The third-order valence-electron chi connectivity index (χ3n) is 2.89. The standard InChI is InChI=1S/C12H12FN3S/c13-9-3-1-8(2-4-9)11-10(7-14)16-5-6-17-12(16)15-11/h1-4H,5-7,14H2. The molecule has 2 N–H and O–H groups in total. The number of nitrogens with zero attached hydrogens (tertiary/aromatic N) is 2. The molecule has 3 nitrogen and oxygen atoms in total. The largest absolute Gasteiger partial charge is 0.325 e. The first-order valence-electron chi connectivity index (χ1n) is 5.48. The van der Waals surface area contributed by atoms with Crippen molar-refractivity contribution in [2.24, 2.45) is 5.73 Å². The maximum Gasteiger partial charge on any atom is 0.168 e. The summed E-state index contributed by atoms with van der Waals surface area (Å²) >= 11 is 1.74. The number of hydrogen-bond acceptors (Lipinski definition) is 3. The second kappa shape index (κ2) is 4.16. The monoisotopic (exact) mass is 249 g/mol. The molecule has 0 radical (unpaired) electrons. The number of rotatable bonds is 2. The van der Waals surface area contributed by atoms with Gasteiger partial charge in [0.05, 0.1) is 11.4 Å². The van der Waals surface area contributed by atoms with E-state index in [4.69, 9.17) is 5.73 Å². The molecule has 0 bridgehead atoms. The smallest absolute Gasteiger partial charge is 0.168 e. The van der Waals surface area contributed by atoms with E-state index < -0.39 is 0 Å². The van der Waals surface area contributed by atoms with Gasteiger partial charge in [0.2, 0.25) is 0 Å². The molecule has 1 aliphatic heterocycles. The molecular weight excluding hydrogens is 237 g/mol. The summed E-state index contributed by atoms with van der Waals surface area (Å²) in [6, 6.07) is 6.40. The van der Waals surface area contributed by atoms with Crippen LogP contribution < -0.4 is 5.73 Å². The Hall–Kier alpha value is -1.33. The van der Waals surface area contributed by atoms with E-state index in [-0.39, 0.29) is 5.82 Å². The lowest BCUT2D eigenvalue weighted by molar-refractivity contribution is 0.628. The molecule has 0 fully saturated rings. The van der Waals surface area contributed by atoms with Crippen LogP contribution in [-0.2, 0) is 13.1 Å². The van der Waals surface area contributed by atoms with Crippen LogP contribution >= 0.6 is 11.8 Å². The minimum atomic E-state index is -0.232. The van der Waals surface area contributed by atoms with Gasteiger partial charge >= 0.3 is 0 Å². The van der Waals surface area contributed by atoms with Gasteiger partial charge in [-0.2, -0.15) is 0 Å². The molecule has 88 valence electrons. The number of aromatic nitrogens is 2. The van der Waals surface area contributed by atoms with Crippen molar-refractivity contribution in [3.05, 3.63) is 35.8 Å². The fraction of sp³-hybridized carbons (Fsp3) is 0.250. The van der Waals surface area contributed by atoms with Gasteiger partial charge in [-0.3, -0.25) is 0 Å². The zero-order valence-corrected chi connectivity index (χ0v) is 10.0. The normalized spacial score (nSPS) is 14.0. The molecule has 0 spiro atoms. The summed E-state index contributed by atoms with van der Waals surface area (Å²) in [5.41, 5.74) is 8.64. The Bertz CT molecular complexity index is 548. The lowest BCUT2D eigenvalue weighted by Crippen LogP contribution is -2.07. The van der Waals surface area contributed by atoms with Crippen LogP contribution in [0.4, 0.5) is 4.39 Å². The summed E-state index contributed by atoms with van der Waals surface area (Å²) in [4.78, 5) is 4.58. The van der Waals surface area contributed by atoms with Crippen LogP contribution in [0, 0.1) is 5.82 Å². The summed E-state index contributed by atoms with van der Waals surface area (Å²) in [6.45, 7) is 1.42. The molecule has 0 aliphatic carbocycles. The topological polar surface area (TPSA) is 43.8 Å². The van der Waals surface area contributed by atoms with Crippen molar-refractivity contribution in [3.8, 4) is 11.3 Å². The Morgan fingerprint density at radius 3 is 2.82 bits per heavy atom. The van der Waals surface area contributed by atoms with Gasteiger partial charge in [-0.1, -0.05) is 11.8 Å². The van der Waals surface area contributed by atoms with Crippen LogP contribution in [0.3, 0.4) is 0 Å². The fourth-order valence-electron chi connectivity index (χ4n) is 2.08. The molecule has 17 heavy (non-hydrogen) atoms. The first-order valence-corrected chi connectivity index (χ1v) is 6.46. The van der Waals surface area contributed by atoms with Crippen LogP contribution in [-0.4, -0.2) is 15.3 Å². The van der Waals surface area contributed by atoms with E-state index in [1.807, 2.05) is 0 Å². The number of imidazole rings is 1. The highest BCUT2D eigenvalue weighted by atomic mass is 32.2. The first kappa shape index (κ1) is 10.8. The quantitative estimate of drug-likeness (QED) is 0.887. The van der Waals surface area contributed by atoms with Crippen LogP contribution in [0.2, 0.25) is 0 Å². The second-order valence-electron chi connectivity index (χ2n) is 3.90. The van der Waals surface area contributed by atoms with Crippen LogP contribution in [0.25, 0.3) is 11.3 Å². The van der Waals surface area contributed by atoms with Crippen molar-refractivity contribution in [1.29, 1.82) is 0 Å². The van der Waals surface area contributed by atoms with Crippen molar-refractivity contribution in [2.45, 2.75) is 18.2 Å². The van der Waals surface area contributed by atoms with E-state index in [0.29, 0.717) is 6.54 Å². The van der Waals surface area contributed by atoms with Crippen molar-refractivity contribution in [1.82, 2.24) is 9.55 Å². The Balaban J connectivity index is 2.11. The molecule has 0 amide bonds. The predicted molar refractivity (Wildman–Crippen MR) is 66.2 cm³/mol. The molecule has 1 aliphatic rings. The average molecular weight is 249 g/mol. The molecule has 0 saturated heterocycles. The van der Waals surface area contributed by atoms with E-state index in [0.717, 1.165) is 34.4 Å². The van der Waals surface area contributed by atoms with E-state index in [1.54, 1.807) is 23.9 Å². The van der Waals surface area contributed by atoms with E-state index >= 15 is 0 Å². The predicted octanol–water partition coefficient (Wildman–Crippen LogP) is 2.25. The van der Waals surface area contributed by atoms with Gasteiger partial charge in [0.15, 0.2) is 5.16 Å². The summed E-state index contributed by atoms with van der Waals surface area (Å²) in [5.74, 6) is 0.822. The van der Waals surface area contributed by atoms with Crippen molar-refractivity contribution in [2.75, 3.05) is 5.75 Å². The molecule has 0 atom stereocenters. The van der Waals surface area contributed by atoms with Gasteiger partial charge in [0, 0.05) is 24.4 Å². The van der Waals surface area contributed by atoms with Crippen LogP contribution in [0.5, 0.6) is 0 Å². The Morgan fingerprint density at radius 2 is 2.12 bits per heavy atom. The highest BCUT2D eigenvalue weighted by molar-refractivity contribution is 7.99. The molecule has 3 rings (SSSR count). The van der Waals surface area contributed by atoms with Crippen molar-refractivity contribution in [3.63, 3.8) is 0 Å². The Labute approximate surface area is 103 Å². The third kappa shape index (κ3) is 1.75. The van der Waals surface area contributed by atoms with E-state index in [2.05, 4.69) is 9.55 Å². The van der Waals surface area contributed by atoms with Crippen molar-refractivity contribution >= 4 is 11.8 Å². The average Bonchev–Trinajstić information content (AvgIpc) is 2.89. The molecule has 0 saturated carbocycles. The number of nitrogens with two attached hydrogens (primary N) is 1. The van der Waals surface area contributed by atoms with Crippen LogP contribution in [0.1, 0.15) is 5.69 Å². The molecule has 1 aromatic heterocycles. The minimum Gasteiger partial charge on any atom is -0.325 e. The van der Waals surface area contributed by atoms with E-state index in [1.165, 1.54) is 12.1 Å². The van der Waals surface area contributed by atoms with Crippen LogP contribution in [0.15, 0.2) is 29.4 Å². The summed E-state index contributed by atoms with van der Waals surface area (Å²) in [6.07, 6.45) is 0. The molecular formula is C12H12FN3S. The molecule has 2 aromatic rings. The number of benzene rings is 1. The van der Waals surface area contributed by atoms with Gasteiger partial charge < -0.3 is 10.3 Å². The SMILES string of the molecule is NCc1c(-c2ccc(F)cc2)nc2n1CCS2. The summed E-state index contributed by atoms with van der Waals surface area (Å²) < 4.78 is 15.0. The van der Waals surface area contributed by atoms with Gasteiger partial charge in [-0.05, 0) is 24.3 Å². The van der Waals surface area contributed by atoms with E-state index in [9.17, 15) is 4.39 Å². The number of thioether (sulfide) groups is 1. The number of halogens is 1. The van der Waals surface area contributed by atoms with Crippen molar-refractivity contribution < 1.29 is 4.39 Å². The fourth-order valence-corrected chi connectivity index (χ4v) is 3.05. The molecule has 1 aromatic carbocycles. The number of fused-ring (bicyclic) bond motifs is 1. The molecule has 5 heteroatoms. The highest BCUT2D eigenvalue weighted by Crippen LogP contribution is 2.32. The second-order valence-corrected chi connectivity index (χ2v) is 4.96. The molecule has 2 heterocycles. The van der Waals surface area contributed by atoms with Gasteiger partial charge in [0.1, 0.15) is 5.82 Å². The first-order chi connectivity index (χ1) is 8.29. The Morgan fingerprint density at radius 1 is 1.35 bits per heavy atom. The third-order valence-corrected chi connectivity index (χ3v) is 3.85. The Kier molecular flexibility index (Phi) is 2.64. The summed E-state index contributed by atoms with van der Waals surface area (Å²) in [5, 5.41) is 1.02. The molecule has 0 unspecified atom stereocenters. The highest BCUT2D eigenvalue weighted by Gasteiger charge is 2.21. The minimum absolute atomic E-state index is 0.232. The summed E-state index contributed by atoms with van der Waals surface area (Å²) in [7, 11) is 0. The van der Waals surface area contributed by atoms with Gasteiger partial charge in [-0.15, -0.1) is 0 Å². The zero-order chi connectivity index (χ0) is 11.8. The maximum atomic E-state index is 12.9. The lowest BCUT2D eigenvalue weighted by Gasteiger charge is -2.04. The lowest BCUT2D eigenvalue weighted by atomic mass is 10.1. The van der Waals surface area contributed by atoms with Gasteiger partial charge in [-0.25, -0.2) is 9.37 Å². The number of hydrogen-bond donors (Lipinski definition) is 1. The maximum absolute atomic E-state index is 12.9. The zero-order valence-electron chi connectivity index (χ0n) is 9.19.